The minimum absolute atomic E-state index is 0.0923. The lowest BCUT2D eigenvalue weighted by molar-refractivity contribution is -0.387. The molecule has 0 saturated heterocycles. The monoisotopic (exact) mass is 297 g/mol. The molecule has 3 N–H and O–H groups in total. The van der Waals surface area contributed by atoms with E-state index in [2.05, 4.69) is 5.32 Å². The van der Waals surface area contributed by atoms with Crippen molar-refractivity contribution in [1.82, 2.24) is 5.32 Å². The van der Waals surface area contributed by atoms with Crippen molar-refractivity contribution >= 4 is 23.4 Å². The first kappa shape index (κ1) is 16.5. The van der Waals surface area contributed by atoms with Gasteiger partial charge in [-0.3, -0.25) is 14.9 Å². The van der Waals surface area contributed by atoms with E-state index < -0.39 is 4.92 Å². The van der Waals surface area contributed by atoms with Gasteiger partial charge in [0, 0.05) is 11.8 Å². The third kappa shape index (κ3) is 5.18. The summed E-state index contributed by atoms with van der Waals surface area (Å²) in [5.74, 6) is 0.205. The molecule has 110 valence electrons. The second-order valence-electron chi connectivity index (χ2n) is 4.27. The summed E-state index contributed by atoms with van der Waals surface area (Å²) in [5.41, 5.74) is 5.41. The van der Waals surface area contributed by atoms with Gasteiger partial charge < -0.3 is 11.1 Å². The van der Waals surface area contributed by atoms with E-state index in [1.165, 1.54) is 17.8 Å². The van der Waals surface area contributed by atoms with E-state index >= 15 is 0 Å². The van der Waals surface area contributed by atoms with Crippen molar-refractivity contribution in [3.05, 3.63) is 34.4 Å². The first-order valence-corrected chi connectivity index (χ1v) is 7.43. The molecule has 0 aliphatic rings. The molecule has 20 heavy (non-hydrogen) atoms. The Balaban J connectivity index is 2.54. The summed E-state index contributed by atoms with van der Waals surface area (Å²) in [5, 5.41) is 13.9. The average molecular weight is 297 g/mol. The van der Waals surface area contributed by atoms with Gasteiger partial charge in [0.2, 0.25) is 5.91 Å². The quantitative estimate of drug-likeness (QED) is 0.412. The normalized spacial score (nSPS) is 12.1. The average Bonchev–Trinajstić information content (AvgIpc) is 2.42. The highest BCUT2D eigenvalue weighted by Crippen LogP contribution is 2.29. The third-order valence-electron chi connectivity index (χ3n) is 2.71. The Morgan fingerprint density at radius 1 is 1.50 bits per heavy atom. The number of nitrogens with zero attached hydrogens (tertiary/aromatic N) is 1. The summed E-state index contributed by atoms with van der Waals surface area (Å²) in [7, 11) is 0. The summed E-state index contributed by atoms with van der Waals surface area (Å²) < 4.78 is 0. The standard InChI is InChI=1S/C13H19N3O3S/c1-2-8-15-10(13(14)17)7-9-20-12-6-4-3-5-11(12)16(18)19/h3-6,10,15H,2,7-9H2,1H3,(H2,14,17). The number of para-hydroxylation sites is 1. The van der Waals surface area contributed by atoms with Crippen molar-refractivity contribution in [1.29, 1.82) is 0 Å². The second-order valence-corrected chi connectivity index (χ2v) is 5.41. The first-order chi connectivity index (χ1) is 9.56. The van der Waals surface area contributed by atoms with Crippen LogP contribution in [0.3, 0.4) is 0 Å². The van der Waals surface area contributed by atoms with Gasteiger partial charge in [-0.15, -0.1) is 11.8 Å². The minimum atomic E-state index is -0.400. The topological polar surface area (TPSA) is 98.3 Å². The number of rotatable bonds is 9. The predicted molar refractivity (Wildman–Crippen MR) is 79.7 cm³/mol. The fourth-order valence-electron chi connectivity index (χ4n) is 1.68. The smallest absolute Gasteiger partial charge is 0.282 e. The number of nitrogens with one attached hydrogen (secondary N) is 1. The molecule has 0 aliphatic carbocycles. The maximum absolute atomic E-state index is 11.3. The first-order valence-electron chi connectivity index (χ1n) is 6.45. The van der Waals surface area contributed by atoms with Crippen LogP contribution in [0.15, 0.2) is 29.2 Å². The molecule has 1 aromatic carbocycles. The number of nitrogens with two attached hydrogens (primary N) is 1. The van der Waals surface area contributed by atoms with E-state index in [0.717, 1.165) is 13.0 Å². The Kier molecular flexibility index (Phi) is 7.03. The van der Waals surface area contributed by atoms with E-state index in [0.29, 0.717) is 17.1 Å². The Hall–Kier alpha value is -1.60. The van der Waals surface area contributed by atoms with Crippen molar-refractivity contribution < 1.29 is 9.72 Å². The van der Waals surface area contributed by atoms with Crippen LogP contribution in [0.5, 0.6) is 0 Å². The molecule has 1 atom stereocenters. The van der Waals surface area contributed by atoms with Crippen molar-refractivity contribution in [2.75, 3.05) is 12.3 Å². The highest BCUT2D eigenvalue weighted by atomic mass is 32.2. The van der Waals surface area contributed by atoms with Crippen LogP contribution in [-0.4, -0.2) is 29.2 Å². The van der Waals surface area contributed by atoms with Gasteiger partial charge in [0.15, 0.2) is 0 Å². The van der Waals surface area contributed by atoms with Gasteiger partial charge in [0.1, 0.15) is 0 Å². The van der Waals surface area contributed by atoms with Gasteiger partial charge in [0.25, 0.3) is 5.69 Å². The van der Waals surface area contributed by atoms with E-state index in [9.17, 15) is 14.9 Å². The van der Waals surface area contributed by atoms with Crippen molar-refractivity contribution in [3.8, 4) is 0 Å². The number of hydrogen-bond acceptors (Lipinski definition) is 5. The van der Waals surface area contributed by atoms with Crippen LogP contribution in [0, 0.1) is 10.1 Å². The molecule has 0 saturated carbocycles. The molecule has 0 aromatic heterocycles. The number of nitro benzene ring substituents is 1. The molecule has 1 unspecified atom stereocenters. The summed E-state index contributed by atoms with van der Waals surface area (Å²) in [6.45, 7) is 2.73. The molecule has 0 radical (unpaired) electrons. The fourth-order valence-corrected chi connectivity index (χ4v) is 2.72. The van der Waals surface area contributed by atoms with E-state index in [-0.39, 0.29) is 17.6 Å². The molecule has 1 aromatic rings. The predicted octanol–water partition coefficient (Wildman–Crippen LogP) is 1.93. The molecule has 1 rings (SSSR count). The third-order valence-corrected chi connectivity index (χ3v) is 3.81. The Labute approximate surface area is 122 Å². The lowest BCUT2D eigenvalue weighted by Gasteiger charge is -2.14. The summed E-state index contributed by atoms with van der Waals surface area (Å²) in [4.78, 5) is 22.3. The highest BCUT2D eigenvalue weighted by molar-refractivity contribution is 7.99. The number of primary amides is 1. The zero-order chi connectivity index (χ0) is 15.0. The van der Waals surface area contributed by atoms with Crippen molar-refractivity contribution in [2.45, 2.75) is 30.7 Å². The Bertz CT molecular complexity index is 468. The Morgan fingerprint density at radius 2 is 2.20 bits per heavy atom. The van der Waals surface area contributed by atoms with Gasteiger partial charge >= 0.3 is 0 Å². The van der Waals surface area contributed by atoms with E-state index in [4.69, 9.17) is 5.73 Å². The van der Waals surface area contributed by atoms with Crippen LogP contribution >= 0.6 is 11.8 Å². The number of carbonyl (C=O) groups excluding carboxylic acids is 1. The summed E-state index contributed by atoms with van der Waals surface area (Å²) >= 11 is 1.37. The van der Waals surface area contributed by atoms with Crippen molar-refractivity contribution in [2.24, 2.45) is 5.73 Å². The molecule has 7 heteroatoms. The van der Waals surface area contributed by atoms with Crippen LogP contribution < -0.4 is 11.1 Å². The van der Waals surface area contributed by atoms with Crippen LogP contribution in [0.25, 0.3) is 0 Å². The minimum Gasteiger partial charge on any atom is -0.368 e. The lowest BCUT2D eigenvalue weighted by Crippen LogP contribution is -2.41. The highest BCUT2D eigenvalue weighted by Gasteiger charge is 2.16. The molecular weight excluding hydrogens is 278 g/mol. The maximum Gasteiger partial charge on any atom is 0.282 e. The van der Waals surface area contributed by atoms with Gasteiger partial charge in [-0.2, -0.15) is 0 Å². The van der Waals surface area contributed by atoms with Crippen LogP contribution in [0.1, 0.15) is 19.8 Å². The lowest BCUT2D eigenvalue weighted by atomic mass is 10.2. The van der Waals surface area contributed by atoms with Crippen LogP contribution in [0.4, 0.5) is 5.69 Å². The zero-order valence-corrected chi connectivity index (χ0v) is 12.2. The molecule has 0 bridgehead atoms. The summed E-state index contributed by atoms with van der Waals surface area (Å²) in [6, 6.07) is 6.20. The molecule has 0 spiro atoms. The maximum atomic E-state index is 11.3. The Morgan fingerprint density at radius 3 is 2.80 bits per heavy atom. The summed E-state index contributed by atoms with van der Waals surface area (Å²) in [6.07, 6.45) is 1.47. The molecule has 0 aliphatic heterocycles. The fraction of sp³-hybridized carbons (Fsp3) is 0.462. The number of amides is 1. The van der Waals surface area contributed by atoms with Gasteiger partial charge in [-0.05, 0) is 25.5 Å². The SMILES string of the molecule is CCCNC(CCSc1ccccc1[N+](=O)[O-])C(N)=O. The second kappa shape index (κ2) is 8.55. The van der Waals surface area contributed by atoms with Gasteiger partial charge in [0.05, 0.1) is 15.9 Å². The number of carbonyl (C=O) groups is 1. The number of nitro groups is 1. The van der Waals surface area contributed by atoms with E-state index in [1.54, 1.807) is 18.2 Å². The van der Waals surface area contributed by atoms with Crippen LogP contribution in [0.2, 0.25) is 0 Å². The molecule has 1 amide bonds. The van der Waals surface area contributed by atoms with Crippen LogP contribution in [-0.2, 0) is 4.79 Å². The van der Waals surface area contributed by atoms with E-state index in [1.807, 2.05) is 6.92 Å². The van der Waals surface area contributed by atoms with Crippen molar-refractivity contribution in [3.63, 3.8) is 0 Å². The number of benzene rings is 1. The molecular formula is C13H19N3O3S. The number of hydrogen-bond donors (Lipinski definition) is 2. The van der Waals surface area contributed by atoms with Gasteiger partial charge in [-0.25, -0.2) is 0 Å². The number of thioether (sulfide) groups is 1. The molecule has 0 heterocycles. The largest absolute Gasteiger partial charge is 0.368 e. The zero-order valence-electron chi connectivity index (χ0n) is 11.4. The molecule has 6 nitrogen and oxygen atoms in total. The van der Waals surface area contributed by atoms with Gasteiger partial charge in [-0.1, -0.05) is 19.1 Å². The molecule has 0 fully saturated rings.